The first-order valence-corrected chi connectivity index (χ1v) is 6.93. The highest BCUT2D eigenvalue weighted by Crippen LogP contribution is 2.28. The number of hydrogen-bond acceptors (Lipinski definition) is 6. The number of methoxy groups -OCH3 is 2. The molecule has 1 N–H and O–H groups in total. The molecule has 0 amide bonds. The molecule has 22 heavy (non-hydrogen) atoms. The zero-order valence-corrected chi connectivity index (χ0v) is 12.7. The van der Waals surface area contributed by atoms with Crippen LogP contribution < -0.4 is 14.8 Å². The smallest absolute Gasteiger partial charge is 0.258 e. The monoisotopic (exact) mass is 299 g/mol. The van der Waals surface area contributed by atoms with E-state index in [1.165, 1.54) is 6.33 Å². The molecule has 0 aromatic carbocycles. The molecular weight excluding hydrogens is 282 g/mol. The zero-order chi connectivity index (χ0) is 15.5. The second-order valence-electron chi connectivity index (χ2n) is 4.68. The van der Waals surface area contributed by atoms with Gasteiger partial charge in [0.25, 0.3) is 5.88 Å². The Balaban J connectivity index is 2.00. The van der Waals surface area contributed by atoms with Crippen molar-refractivity contribution >= 4 is 17.2 Å². The number of nitrogens with zero attached hydrogens (tertiary/aromatic N) is 4. The number of anilines is 2. The SMILES string of the molecule is CCc1cc(Nc2ccc(OC)c(OC)n2)c2ncnn2c1. The standard InChI is InChI=1S/C15H17N5O2/c1-4-10-7-11(14-16-9-17-20(14)8-10)18-13-6-5-12(21-2)15(19-13)22-3/h5-9H,4H2,1-3H3,(H,18,19). The minimum atomic E-state index is 0.427. The quantitative estimate of drug-likeness (QED) is 0.780. The topological polar surface area (TPSA) is 73.6 Å². The van der Waals surface area contributed by atoms with E-state index in [9.17, 15) is 0 Å². The Kier molecular flexibility index (Phi) is 3.78. The van der Waals surface area contributed by atoms with E-state index in [1.54, 1.807) is 24.8 Å². The average Bonchev–Trinajstić information content (AvgIpc) is 3.03. The molecule has 3 rings (SSSR count). The van der Waals surface area contributed by atoms with Gasteiger partial charge in [-0.25, -0.2) is 9.50 Å². The van der Waals surface area contributed by atoms with Crippen molar-refractivity contribution in [2.75, 3.05) is 19.5 Å². The van der Waals surface area contributed by atoms with E-state index in [4.69, 9.17) is 9.47 Å². The molecule has 0 aliphatic heterocycles. The number of aryl methyl sites for hydroxylation is 1. The summed E-state index contributed by atoms with van der Waals surface area (Å²) in [4.78, 5) is 8.66. The van der Waals surface area contributed by atoms with Crippen molar-refractivity contribution in [3.8, 4) is 11.6 Å². The molecule has 0 atom stereocenters. The minimum Gasteiger partial charge on any atom is -0.491 e. The molecular formula is C15H17N5O2. The summed E-state index contributed by atoms with van der Waals surface area (Å²) in [5.74, 6) is 1.66. The van der Waals surface area contributed by atoms with E-state index in [0.29, 0.717) is 17.4 Å². The molecule has 0 aliphatic carbocycles. The summed E-state index contributed by atoms with van der Waals surface area (Å²) in [6.07, 6.45) is 4.40. The van der Waals surface area contributed by atoms with Crippen molar-refractivity contribution in [1.82, 2.24) is 19.6 Å². The predicted molar refractivity (Wildman–Crippen MR) is 83.0 cm³/mol. The maximum Gasteiger partial charge on any atom is 0.258 e. The van der Waals surface area contributed by atoms with Crippen LogP contribution in [0.1, 0.15) is 12.5 Å². The minimum absolute atomic E-state index is 0.427. The molecule has 7 nitrogen and oxygen atoms in total. The van der Waals surface area contributed by atoms with Crippen molar-refractivity contribution in [2.24, 2.45) is 0 Å². The molecule has 0 spiro atoms. The van der Waals surface area contributed by atoms with Crippen LogP contribution in [-0.2, 0) is 6.42 Å². The van der Waals surface area contributed by atoms with Crippen molar-refractivity contribution in [1.29, 1.82) is 0 Å². The van der Waals surface area contributed by atoms with Gasteiger partial charge in [0.05, 0.1) is 19.9 Å². The fraction of sp³-hybridized carbons (Fsp3) is 0.267. The van der Waals surface area contributed by atoms with E-state index in [0.717, 1.165) is 23.3 Å². The normalized spacial score (nSPS) is 10.7. The number of aromatic nitrogens is 4. The summed E-state index contributed by atoms with van der Waals surface area (Å²) in [7, 11) is 3.14. The first kappa shape index (κ1) is 14.1. The Morgan fingerprint density at radius 1 is 1.23 bits per heavy atom. The fourth-order valence-corrected chi connectivity index (χ4v) is 2.20. The number of rotatable bonds is 5. The van der Waals surface area contributed by atoms with Gasteiger partial charge < -0.3 is 14.8 Å². The number of pyridine rings is 2. The second kappa shape index (κ2) is 5.88. The average molecular weight is 299 g/mol. The third kappa shape index (κ3) is 2.52. The Hall–Kier alpha value is -2.83. The van der Waals surface area contributed by atoms with Crippen molar-refractivity contribution in [3.05, 3.63) is 36.3 Å². The summed E-state index contributed by atoms with van der Waals surface area (Å²) in [6.45, 7) is 2.09. The van der Waals surface area contributed by atoms with Crippen molar-refractivity contribution in [3.63, 3.8) is 0 Å². The van der Waals surface area contributed by atoms with Crippen LogP contribution in [0, 0.1) is 0 Å². The van der Waals surface area contributed by atoms with Crippen LogP contribution >= 0.6 is 0 Å². The van der Waals surface area contributed by atoms with Gasteiger partial charge in [-0.05, 0) is 30.2 Å². The highest BCUT2D eigenvalue weighted by molar-refractivity contribution is 5.73. The lowest BCUT2D eigenvalue weighted by Crippen LogP contribution is -2.01. The van der Waals surface area contributed by atoms with Gasteiger partial charge in [-0.1, -0.05) is 6.92 Å². The molecule has 0 unspecified atom stereocenters. The Morgan fingerprint density at radius 2 is 2.09 bits per heavy atom. The largest absolute Gasteiger partial charge is 0.491 e. The summed E-state index contributed by atoms with van der Waals surface area (Å²) in [6, 6.07) is 5.67. The molecule has 3 aromatic rings. The maximum atomic E-state index is 5.22. The van der Waals surface area contributed by atoms with Crippen LogP contribution in [0.15, 0.2) is 30.7 Å². The molecule has 0 saturated heterocycles. The Morgan fingerprint density at radius 3 is 2.82 bits per heavy atom. The molecule has 0 radical (unpaired) electrons. The number of hydrogen-bond donors (Lipinski definition) is 1. The van der Waals surface area contributed by atoms with Gasteiger partial charge in [0.15, 0.2) is 11.4 Å². The fourth-order valence-electron chi connectivity index (χ4n) is 2.20. The third-order valence-corrected chi connectivity index (χ3v) is 3.34. The van der Waals surface area contributed by atoms with Gasteiger partial charge in [-0.2, -0.15) is 10.1 Å². The summed E-state index contributed by atoms with van der Waals surface area (Å²) >= 11 is 0. The lowest BCUT2D eigenvalue weighted by Gasteiger charge is -2.11. The van der Waals surface area contributed by atoms with Gasteiger partial charge in [-0.3, -0.25) is 0 Å². The molecule has 0 saturated carbocycles. The van der Waals surface area contributed by atoms with Crippen LogP contribution in [-0.4, -0.2) is 33.8 Å². The lowest BCUT2D eigenvalue weighted by atomic mass is 10.2. The van der Waals surface area contributed by atoms with Crippen LogP contribution in [0.2, 0.25) is 0 Å². The number of fused-ring (bicyclic) bond motifs is 1. The highest BCUT2D eigenvalue weighted by atomic mass is 16.5. The van der Waals surface area contributed by atoms with Gasteiger partial charge in [0.2, 0.25) is 0 Å². The van der Waals surface area contributed by atoms with E-state index in [2.05, 4.69) is 27.3 Å². The summed E-state index contributed by atoms with van der Waals surface area (Å²) in [5.41, 5.74) is 2.74. The molecule has 3 heterocycles. The van der Waals surface area contributed by atoms with Crippen LogP contribution in [0.4, 0.5) is 11.5 Å². The van der Waals surface area contributed by atoms with Gasteiger partial charge in [0.1, 0.15) is 12.1 Å². The second-order valence-corrected chi connectivity index (χ2v) is 4.68. The van der Waals surface area contributed by atoms with Gasteiger partial charge >= 0.3 is 0 Å². The van der Waals surface area contributed by atoms with Crippen LogP contribution in [0.3, 0.4) is 0 Å². The number of ether oxygens (including phenoxy) is 2. The van der Waals surface area contributed by atoms with Crippen molar-refractivity contribution < 1.29 is 9.47 Å². The van der Waals surface area contributed by atoms with Crippen molar-refractivity contribution in [2.45, 2.75) is 13.3 Å². The van der Waals surface area contributed by atoms with Gasteiger partial charge in [-0.15, -0.1) is 0 Å². The zero-order valence-electron chi connectivity index (χ0n) is 12.7. The van der Waals surface area contributed by atoms with E-state index < -0.39 is 0 Å². The third-order valence-electron chi connectivity index (χ3n) is 3.34. The molecule has 114 valence electrons. The first-order chi connectivity index (χ1) is 10.7. The summed E-state index contributed by atoms with van der Waals surface area (Å²) in [5, 5.41) is 7.45. The van der Waals surface area contributed by atoms with Crippen LogP contribution in [0.25, 0.3) is 5.65 Å². The van der Waals surface area contributed by atoms with Gasteiger partial charge in [0, 0.05) is 6.20 Å². The maximum absolute atomic E-state index is 5.22. The van der Waals surface area contributed by atoms with E-state index in [1.807, 2.05) is 18.3 Å². The molecule has 0 bridgehead atoms. The Bertz CT molecular complexity index is 800. The molecule has 7 heteroatoms. The molecule has 0 fully saturated rings. The lowest BCUT2D eigenvalue weighted by molar-refractivity contribution is 0.343. The first-order valence-electron chi connectivity index (χ1n) is 6.93. The van der Waals surface area contributed by atoms with E-state index >= 15 is 0 Å². The van der Waals surface area contributed by atoms with Crippen LogP contribution in [0.5, 0.6) is 11.6 Å². The molecule has 3 aromatic heterocycles. The Labute approximate surface area is 127 Å². The predicted octanol–water partition coefficient (Wildman–Crippen LogP) is 2.45. The molecule has 0 aliphatic rings. The van der Waals surface area contributed by atoms with E-state index in [-0.39, 0.29) is 0 Å². The summed E-state index contributed by atoms with van der Waals surface area (Å²) < 4.78 is 12.2. The number of nitrogens with one attached hydrogen (secondary N) is 1. The highest BCUT2D eigenvalue weighted by Gasteiger charge is 2.10.